The van der Waals surface area contributed by atoms with Gasteiger partial charge < -0.3 is 0 Å². The fraction of sp³-hybridized carbons (Fsp3) is 0.556. The summed E-state index contributed by atoms with van der Waals surface area (Å²) >= 11 is 5.69. The Morgan fingerprint density at radius 3 is 2.43 bits per heavy atom. The highest BCUT2D eigenvalue weighted by molar-refractivity contribution is 6.30. The highest BCUT2D eigenvalue weighted by Gasteiger charge is 2.10. The van der Waals surface area contributed by atoms with Gasteiger partial charge in [-0.1, -0.05) is 18.0 Å². The van der Waals surface area contributed by atoms with E-state index < -0.39 is 0 Å². The summed E-state index contributed by atoms with van der Waals surface area (Å²) in [4.78, 5) is 8.15. The number of halogens is 1. The molecule has 0 aliphatic carbocycles. The molecule has 2 rings (SSSR count). The third-order valence-electron chi connectivity index (χ3n) is 2.23. The van der Waals surface area contributed by atoms with Crippen LogP contribution in [0.2, 0.25) is 5.02 Å². The predicted molar refractivity (Wildman–Crippen MR) is 56.1 cm³/mol. The molecule has 0 aromatic carbocycles. The van der Waals surface area contributed by atoms with Gasteiger partial charge in [-0.2, -0.15) is 0 Å². The van der Waals surface area contributed by atoms with Gasteiger partial charge in [0, 0.05) is 13.1 Å². The normalized spacial score (nSPS) is 18.1. The monoisotopic (exact) mass is 212 g/mol. The Balaban J connectivity index is 1.92. The van der Waals surface area contributed by atoms with Crippen molar-refractivity contribution in [2.75, 3.05) is 18.5 Å². The van der Waals surface area contributed by atoms with Gasteiger partial charge in [0.25, 0.3) is 0 Å². The number of nitrogens with one attached hydrogen (secondary N) is 1. The van der Waals surface area contributed by atoms with E-state index in [1.165, 1.54) is 19.3 Å². The standard InChI is InChI=1S/C9H13ClN4/c10-8-6-11-9(12-7-8)13-14-4-2-1-3-5-14/h6-7H,1-5H2,(H,11,12,13). The summed E-state index contributed by atoms with van der Waals surface area (Å²) in [7, 11) is 0. The van der Waals surface area contributed by atoms with Gasteiger partial charge in [-0.15, -0.1) is 0 Å². The second-order valence-electron chi connectivity index (χ2n) is 3.38. The van der Waals surface area contributed by atoms with Crippen molar-refractivity contribution in [2.24, 2.45) is 0 Å². The van der Waals surface area contributed by atoms with Crippen LogP contribution in [0.3, 0.4) is 0 Å². The van der Waals surface area contributed by atoms with Crippen molar-refractivity contribution in [1.29, 1.82) is 0 Å². The van der Waals surface area contributed by atoms with Crippen molar-refractivity contribution in [2.45, 2.75) is 19.3 Å². The van der Waals surface area contributed by atoms with E-state index in [-0.39, 0.29) is 0 Å². The minimum atomic E-state index is 0.564. The Bertz CT molecular complexity index is 281. The van der Waals surface area contributed by atoms with E-state index in [4.69, 9.17) is 11.6 Å². The molecule has 14 heavy (non-hydrogen) atoms. The Labute approximate surface area is 88.3 Å². The number of hydrogen-bond acceptors (Lipinski definition) is 4. The molecule has 5 heteroatoms. The van der Waals surface area contributed by atoms with Gasteiger partial charge in [0.15, 0.2) is 0 Å². The predicted octanol–water partition coefficient (Wildman–Crippen LogP) is 1.94. The first-order valence-electron chi connectivity index (χ1n) is 4.84. The van der Waals surface area contributed by atoms with Crippen molar-refractivity contribution in [3.63, 3.8) is 0 Å². The zero-order valence-electron chi connectivity index (χ0n) is 7.91. The summed E-state index contributed by atoms with van der Waals surface area (Å²) in [6, 6.07) is 0. The molecule has 0 saturated carbocycles. The molecule has 1 aromatic heterocycles. The fourth-order valence-electron chi connectivity index (χ4n) is 1.52. The second-order valence-corrected chi connectivity index (χ2v) is 3.82. The third kappa shape index (κ3) is 2.56. The summed E-state index contributed by atoms with van der Waals surface area (Å²) in [5, 5.41) is 2.71. The first-order chi connectivity index (χ1) is 6.84. The van der Waals surface area contributed by atoms with Gasteiger partial charge >= 0.3 is 0 Å². The quantitative estimate of drug-likeness (QED) is 0.814. The van der Waals surface area contributed by atoms with Crippen LogP contribution in [0.25, 0.3) is 0 Å². The summed E-state index contributed by atoms with van der Waals surface area (Å²) in [6.07, 6.45) is 6.99. The molecule has 1 aliphatic rings. The van der Waals surface area contributed by atoms with Crippen molar-refractivity contribution in [3.8, 4) is 0 Å². The Kier molecular flexibility index (Phi) is 3.16. The van der Waals surface area contributed by atoms with Crippen LogP contribution in [0.4, 0.5) is 5.95 Å². The van der Waals surface area contributed by atoms with Crippen LogP contribution in [-0.2, 0) is 0 Å². The molecule has 1 N–H and O–H groups in total. The van der Waals surface area contributed by atoms with E-state index in [2.05, 4.69) is 20.4 Å². The second kappa shape index (κ2) is 4.57. The highest BCUT2D eigenvalue weighted by atomic mass is 35.5. The zero-order chi connectivity index (χ0) is 9.80. The van der Waals surface area contributed by atoms with Gasteiger partial charge in [-0.05, 0) is 12.8 Å². The minimum absolute atomic E-state index is 0.564. The van der Waals surface area contributed by atoms with Gasteiger partial charge in [0.2, 0.25) is 5.95 Å². The lowest BCUT2D eigenvalue weighted by molar-refractivity contribution is 0.271. The van der Waals surface area contributed by atoms with Crippen molar-refractivity contribution in [3.05, 3.63) is 17.4 Å². The molecular formula is C9H13ClN4. The van der Waals surface area contributed by atoms with E-state index in [0.717, 1.165) is 13.1 Å². The smallest absolute Gasteiger partial charge is 0.237 e. The van der Waals surface area contributed by atoms with Crippen LogP contribution in [0.1, 0.15) is 19.3 Å². The highest BCUT2D eigenvalue weighted by Crippen LogP contribution is 2.10. The number of piperidine rings is 1. The van der Waals surface area contributed by atoms with Crippen LogP contribution >= 0.6 is 11.6 Å². The lowest BCUT2D eigenvalue weighted by Crippen LogP contribution is -2.35. The number of anilines is 1. The average molecular weight is 213 g/mol. The molecule has 1 aliphatic heterocycles. The maximum atomic E-state index is 5.69. The first-order valence-corrected chi connectivity index (χ1v) is 5.21. The zero-order valence-corrected chi connectivity index (χ0v) is 8.67. The van der Waals surface area contributed by atoms with Gasteiger partial charge in [0.1, 0.15) is 0 Å². The van der Waals surface area contributed by atoms with E-state index in [9.17, 15) is 0 Å². The van der Waals surface area contributed by atoms with E-state index >= 15 is 0 Å². The van der Waals surface area contributed by atoms with Crippen molar-refractivity contribution in [1.82, 2.24) is 15.0 Å². The maximum absolute atomic E-state index is 5.69. The molecule has 2 heterocycles. The summed E-state index contributed by atoms with van der Waals surface area (Å²) in [5.41, 5.74) is 3.16. The lowest BCUT2D eigenvalue weighted by Gasteiger charge is -2.26. The van der Waals surface area contributed by atoms with Crippen LogP contribution in [0.5, 0.6) is 0 Å². The van der Waals surface area contributed by atoms with Crippen LogP contribution in [-0.4, -0.2) is 28.1 Å². The van der Waals surface area contributed by atoms with Gasteiger partial charge in [0.05, 0.1) is 17.4 Å². The van der Waals surface area contributed by atoms with Crippen LogP contribution in [0.15, 0.2) is 12.4 Å². The Morgan fingerprint density at radius 2 is 1.79 bits per heavy atom. The Hall–Kier alpha value is -0.870. The van der Waals surface area contributed by atoms with Crippen molar-refractivity contribution < 1.29 is 0 Å². The van der Waals surface area contributed by atoms with E-state index in [0.29, 0.717) is 11.0 Å². The molecule has 1 saturated heterocycles. The number of rotatable bonds is 2. The molecule has 0 spiro atoms. The molecule has 1 fully saturated rings. The fourth-order valence-corrected chi connectivity index (χ4v) is 1.61. The SMILES string of the molecule is Clc1cnc(NN2CCCCC2)nc1. The summed E-state index contributed by atoms with van der Waals surface area (Å²) < 4.78 is 0. The third-order valence-corrected chi connectivity index (χ3v) is 2.43. The summed E-state index contributed by atoms with van der Waals surface area (Å²) in [6.45, 7) is 2.12. The summed E-state index contributed by atoms with van der Waals surface area (Å²) in [5.74, 6) is 0.622. The number of aromatic nitrogens is 2. The molecule has 0 unspecified atom stereocenters. The molecule has 4 nitrogen and oxygen atoms in total. The van der Waals surface area contributed by atoms with E-state index in [1.54, 1.807) is 12.4 Å². The number of hydrogen-bond donors (Lipinski definition) is 1. The topological polar surface area (TPSA) is 41.1 Å². The molecule has 0 bridgehead atoms. The molecular weight excluding hydrogens is 200 g/mol. The number of hydrazine groups is 1. The van der Waals surface area contributed by atoms with E-state index in [1.807, 2.05) is 0 Å². The molecule has 76 valence electrons. The Morgan fingerprint density at radius 1 is 1.14 bits per heavy atom. The molecule has 0 radical (unpaired) electrons. The van der Waals surface area contributed by atoms with Gasteiger partial charge in [-0.25, -0.2) is 15.0 Å². The number of nitrogens with zero attached hydrogens (tertiary/aromatic N) is 3. The van der Waals surface area contributed by atoms with Crippen LogP contribution in [0, 0.1) is 0 Å². The van der Waals surface area contributed by atoms with Gasteiger partial charge in [-0.3, -0.25) is 5.43 Å². The lowest BCUT2D eigenvalue weighted by atomic mass is 10.2. The van der Waals surface area contributed by atoms with Crippen molar-refractivity contribution >= 4 is 17.5 Å². The minimum Gasteiger partial charge on any atom is -0.287 e. The molecule has 1 aromatic rings. The maximum Gasteiger partial charge on any atom is 0.237 e. The van der Waals surface area contributed by atoms with Crippen LogP contribution < -0.4 is 5.43 Å². The molecule has 0 atom stereocenters. The average Bonchev–Trinajstić information content (AvgIpc) is 2.23. The molecule has 0 amide bonds. The first kappa shape index (κ1) is 9.68. The largest absolute Gasteiger partial charge is 0.287 e.